The van der Waals surface area contributed by atoms with E-state index in [2.05, 4.69) is 50.5 Å². The van der Waals surface area contributed by atoms with Gasteiger partial charge < -0.3 is 10.6 Å². The minimum Gasteiger partial charge on any atom is -0.344 e. The van der Waals surface area contributed by atoms with Gasteiger partial charge in [-0.05, 0) is 29.4 Å². The molecule has 1 saturated heterocycles. The van der Waals surface area contributed by atoms with Gasteiger partial charge in [0.2, 0.25) is 11.8 Å². The largest absolute Gasteiger partial charge is 0.344 e. The summed E-state index contributed by atoms with van der Waals surface area (Å²) < 4.78 is 0. The smallest absolute Gasteiger partial charge is 0.246 e. The third-order valence-corrected chi connectivity index (χ3v) is 3.93. The summed E-state index contributed by atoms with van der Waals surface area (Å²) in [6.45, 7) is 8.47. The van der Waals surface area contributed by atoms with Crippen LogP contribution >= 0.6 is 0 Å². The molecular formula is C17H24N2O2. The molecule has 0 aromatic heterocycles. The lowest BCUT2D eigenvalue weighted by atomic mass is 9.92. The standard InChI is InChI=1S/C17H24N2O2/c1-10(2)12-6-5-7-13(11(3)4)16(12)19-17(21)14-8-9-15(20)18-14/h5-7,10-11,14H,8-9H2,1-4H3,(H,18,20)(H,19,21). The minimum absolute atomic E-state index is 0.0450. The van der Waals surface area contributed by atoms with Gasteiger partial charge in [-0.15, -0.1) is 0 Å². The number of hydrogen-bond acceptors (Lipinski definition) is 2. The molecule has 1 aromatic rings. The molecule has 1 unspecified atom stereocenters. The molecule has 2 N–H and O–H groups in total. The Balaban J connectivity index is 2.29. The molecule has 0 spiro atoms. The van der Waals surface area contributed by atoms with Crippen molar-refractivity contribution < 1.29 is 9.59 Å². The molecule has 2 amide bonds. The van der Waals surface area contributed by atoms with Crippen molar-refractivity contribution in [3.8, 4) is 0 Å². The highest BCUT2D eigenvalue weighted by Gasteiger charge is 2.28. The second-order valence-corrected chi connectivity index (χ2v) is 6.27. The number of para-hydroxylation sites is 1. The first kappa shape index (κ1) is 15.5. The van der Waals surface area contributed by atoms with E-state index in [1.165, 1.54) is 0 Å². The number of carbonyl (C=O) groups is 2. The third kappa shape index (κ3) is 3.43. The van der Waals surface area contributed by atoms with Gasteiger partial charge in [0.15, 0.2) is 0 Å². The van der Waals surface area contributed by atoms with Crippen molar-refractivity contribution in [2.45, 2.75) is 58.4 Å². The van der Waals surface area contributed by atoms with Crippen LogP contribution in [0.3, 0.4) is 0 Å². The number of nitrogens with one attached hydrogen (secondary N) is 2. The molecule has 1 atom stereocenters. The van der Waals surface area contributed by atoms with Crippen LogP contribution in [0.1, 0.15) is 63.5 Å². The SMILES string of the molecule is CC(C)c1cccc(C(C)C)c1NC(=O)C1CCC(=O)N1. The second kappa shape index (κ2) is 6.29. The van der Waals surface area contributed by atoms with Crippen LogP contribution in [0.2, 0.25) is 0 Å². The fourth-order valence-electron chi connectivity index (χ4n) is 2.72. The minimum atomic E-state index is -0.405. The van der Waals surface area contributed by atoms with Gasteiger partial charge in [-0.3, -0.25) is 9.59 Å². The van der Waals surface area contributed by atoms with E-state index in [-0.39, 0.29) is 11.8 Å². The number of benzene rings is 1. The molecular weight excluding hydrogens is 264 g/mol. The molecule has 0 radical (unpaired) electrons. The summed E-state index contributed by atoms with van der Waals surface area (Å²) in [5.74, 6) is 0.501. The van der Waals surface area contributed by atoms with Gasteiger partial charge in [0, 0.05) is 12.1 Å². The monoisotopic (exact) mass is 288 g/mol. The van der Waals surface area contributed by atoms with E-state index in [1.807, 2.05) is 6.07 Å². The predicted octanol–water partition coefficient (Wildman–Crippen LogP) is 3.15. The average molecular weight is 288 g/mol. The van der Waals surface area contributed by atoms with Crippen LogP contribution in [0.15, 0.2) is 18.2 Å². The Hall–Kier alpha value is -1.84. The summed E-state index contributed by atoms with van der Waals surface area (Å²) in [6, 6.07) is 5.74. The molecule has 1 fully saturated rings. The molecule has 114 valence electrons. The van der Waals surface area contributed by atoms with Gasteiger partial charge in [0.1, 0.15) is 6.04 Å². The maximum atomic E-state index is 12.4. The van der Waals surface area contributed by atoms with Crippen molar-refractivity contribution in [2.24, 2.45) is 0 Å². The molecule has 0 aliphatic carbocycles. The molecule has 1 heterocycles. The highest BCUT2D eigenvalue weighted by atomic mass is 16.2. The first-order chi connectivity index (χ1) is 9.90. The second-order valence-electron chi connectivity index (χ2n) is 6.27. The van der Waals surface area contributed by atoms with E-state index in [4.69, 9.17) is 0 Å². The zero-order valence-electron chi connectivity index (χ0n) is 13.2. The molecule has 1 aliphatic heterocycles. The fraction of sp³-hybridized carbons (Fsp3) is 0.529. The Morgan fingerprint density at radius 3 is 2.19 bits per heavy atom. The number of hydrogen-bond donors (Lipinski definition) is 2. The van der Waals surface area contributed by atoms with Crippen molar-refractivity contribution in [2.75, 3.05) is 5.32 Å². The van der Waals surface area contributed by atoms with Crippen molar-refractivity contribution in [1.29, 1.82) is 0 Å². The van der Waals surface area contributed by atoms with Gasteiger partial charge in [-0.2, -0.15) is 0 Å². The average Bonchev–Trinajstić information content (AvgIpc) is 2.85. The number of amides is 2. The lowest BCUT2D eigenvalue weighted by Crippen LogP contribution is -2.37. The molecule has 1 aromatic carbocycles. The summed E-state index contributed by atoms with van der Waals surface area (Å²) in [5.41, 5.74) is 3.19. The predicted molar refractivity (Wildman–Crippen MR) is 84.4 cm³/mol. The van der Waals surface area contributed by atoms with E-state index in [1.54, 1.807) is 0 Å². The fourth-order valence-corrected chi connectivity index (χ4v) is 2.72. The summed E-state index contributed by atoms with van der Waals surface area (Å²) >= 11 is 0. The van der Waals surface area contributed by atoms with Crippen LogP contribution in [0.5, 0.6) is 0 Å². The van der Waals surface area contributed by atoms with Crippen LogP contribution in [0.4, 0.5) is 5.69 Å². The zero-order valence-corrected chi connectivity index (χ0v) is 13.2. The molecule has 21 heavy (non-hydrogen) atoms. The lowest BCUT2D eigenvalue weighted by molar-refractivity contribution is -0.122. The zero-order chi connectivity index (χ0) is 15.6. The Bertz CT molecular complexity index is 523. The first-order valence-corrected chi connectivity index (χ1v) is 7.63. The van der Waals surface area contributed by atoms with E-state index < -0.39 is 6.04 Å². The number of anilines is 1. The highest BCUT2D eigenvalue weighted by molar-refractivity contribution is 6.00. The maximum absolute atomic E-state index is 12.4. The first-order valence-electron chi connectivity index (χ1n) is 7.63. The van der Waals surface area contributed by atoms with Gasteiger partial charge in [0.25, 0.3) is 0 Å². The maximum Gasteiger partial charge on any atom is 0.246 e. The Morgan fingerprint density at radius 2 is 1.76 bits per heavy atom. The van der Waals surface area contributed by atoms with Gasteiger partial charge in [0.05, 0.1) is 0 Å². The van der Waals surface area contributed by atoms with Crippen LogP contribution in [-0.4, -0.2) is 17.9 Å². The molecule has 4 heteroatoms. The van der Waals surface area contributed by atoms with Crippen molar-refractivity contribution >= 4 is 17.5 Å². The van der Waals surface area contributed by atoms with Crippen LogP contribution in [0.25, 0.3) is 0 Å². The van der Waals surface area contributed by atoms with Crippen LogP contribution in [0, 0.1) is 0 Å². The summed E-state index contributed by atoms with van der Waals surface area (Å²) in [6.07, 6.45) is 1.01. The highest BCUT2D eigenvalue weighted by Crippen LogP contribution is 2.32. The summed E-state index contributed by atoms with van der Waals surface area (Å²) in [5, 5.41) is 5.77. The molecule has 1 aliphatic rings. The Morgan fingerprint density at radius 1 is 1.19 bits per heavy atom. The Labute approximate surface area is 126 Å². The number of carbonyl (C=O) groups excluding carboxylic acids is 2. The van der Waals surface area contributed by atoms with E-state index >= 15 is 0 Å². The molecule has 2 rings (SSSR count). The molecule has 0 bridgehead atoms. The van der Waals surface area contributed by atoms with Crippen molar-refractivity contribution in [1.82, 2.24) is 5.32 Å². The van der Waals surface area contributed by atoms with Crippen molar-refractivity contribution in [3.05, 3.63) is 29.3 Å². The Kier molecular flexibility index (Phi) is 4.66. The van der Waals surface area contributed by atoms with E-state index in [9.17, 15) is 9.59 Å². The van der Waals surface area contributed by atoms with Gasteiger partial charge in [-0.1, -0.05) is 45.9 Å². The topological polar surface area (TPSA) is 58.2 Å². The van der Waals surface area contributed by atoms with E-state index in [0.29, 0.717) is 24.7 Å². The van der Waals surface area contributed by atoms with Crippen LogP contribution < -0.4 is 10.6 Å². The van der Waals surface area contributed by atoms with E-state index in [0.717, 1.165) is 16.8 Å². The molecule has 0 saturated carbocycles. The molecule has 4 nitrogen and oxygen atoms in total. The third-order valence-electron chi connectivity index (χ3n) is 3.93. The quantitative estimate of drug-likeness (QED) is 0.894. The normalized spacial score (nSPS) is 18.2. The summed E-state index contributed by atoms with van der Waals surface area (Å²) in [4.78, 5) is 23.7. The van der Waals surface area contributed by atoms with Gasteiger partial charge >= 0.3 is 0 Å². The number of rotatable bonds is 4. The van der Waals surface area contributed by atoms with Gasteiger partial charge in [-0.25, -0.2) is 0 Å². The van der Waals surface area contributed by atoms with Crippen molar-refractivity contribution in [3.63, 3.8) is 0 Å². The summed E-state index contributed by atoms with van der Waals surface area (Å²) in [7, 11) is 0. The lowest BCUT2D eigenvalue weighted by Gasteiger charge is -2.21. The van der Waals surface area contributed by atoms with Crippen LogP contribution in [-0.2, 0) is 9.59 Å².